The molecule has 0 N–H and O–H groups in total. The standard InChI is InChI=1S/C15H21NO/c1-11-8-12(2)10-16(9-11)15(17)14-7-5-4-6-13(14)3/h4-7,11-12H,8-10H2,1-3H3/t11-,12+. The first-order valence-corrected chi connectivity index (χ1v) is 6.43. The maximum absolute atomic E-state index is 12.4. The monoisotopic (exact) mass is 231 g/mol. The van der Waals surface area contributed by atoms with Gasteiger partial charge in [0, 0.05) is 18.7 Å². The van der Waals surface area contributed by atoms with Gasteiger partial charge < -0.3 is 4.90 Å². The lowest BCUT2D eigenvalue weighted by molar-refractivity contribution is 0.0622. The minimum Gasteiger partial charge on any atom is -0.338 e. The number of likely N-dealkylation sites (tertiary alicyclic amines) is 1. The Labute approximate surface area is 104 Å². The molecule has 0 aromatic heterocycles. The molecule has 1 aliphatic rings. The molecule has 2 heteroatoms. The number of carbonyl (C=O) groups is 1. The molecule has 0 unspecified atom stereocenters. The normalized spacial score (nSPS) is 24.8. The molecule has 17 heavy (non-hydrogen) atoms. The Hall–Kier alpha value is -1.31. The highest BCUT2D eigenvalue weighted by molar-refractivity contribution is 5.95. The third kappa shape index (κ3) is 2.68. The molecule has 2 rings (SSSR count). The Morgan fingerprint density at radius 1 is 1.18 bits per heavy atom. The largest absolute Gasteiger partial charge is 0.338 e. The molecule has 1 saturated heterocycles. The number of carbonyl (C=O) groups excluding carboxylic acids is 1. The number of hydrogen-bond donors (Lipinski definition) is 0. The molecular weight excluding hydrogens is 210 g/mol. The fourth-order valence-electron chi connectivity index (χ4n) is 2.81. The summed E-state index contributed by atoms with van der Waals surface area (Å²) in [5, 5.41) is 0. The van der Waals surface area contributed by atoms with Crippen molar-refractivity contribution < 1.29 is 4.79 Å². The fourth-order valence-corrected chi connectivity index (χ4v) is 2.81. The van der Waals surface area contributed by atoms with E-state index in [-0.39, 0.29) is 5.91 Å². The second kappa shape index (κ2) is 4.91. The van der Waals surface area contributed by atoms with Crippen LogP contribution in [-0.2, 0) is 0 Å². The predicted molar refractivity (Wildman–Crippen MR) is 70.0 cm³/mol. The molecule has 0 saturated carbocycles. The molecule has 1 amide bonds. The highest BCUT2D eigenvalue weighted by Gasteiger charge is 2.26. The Balaban J connectivity index is 2.17. The first kappa shape index (κ1) is 12.2. The van der Waals surface area contributed by atoms with Crippen molar-refractivity contribution in [1.82, 2.24) is 4.90 Å². The minimum absolute atomic E-state index is 0.196. The average Bonchev–Trinajstić information content (AvgIpc) is 2.27. The molecule has 1 aliphatic heterocycles. The number of piperidine rings is 1. The number of rotatable bonds is 1. The van der Waals surface area contributed by atoms with E-state index in [1.54, 1.807) is 0 Å². The quantitative estimate of drug-likeness (QED) is 0.727. The van der Waals surface area contributed by atoms with Crippen LogP contribution < -0.4 is 0 Å². The fraction of sp³-hybridized carbons (Fsp3) is 0.533. The van der Waals surface area contributed by atoms with Crippen molar-refractivity contribution in [3.63, 3.8) is 0 Å². The zero-order chi connectivity index (χ0) is 12.4. The summed E-state index contributed by atoms with van der Waals surface area (Å²) in [4.78, 5) is 14.5. The van der Waals surface area contributed by atoms with Crippen LogP contribution in [0, 0.1) is 18.8 Å². The van der Waals surface area contributed by atoms with Crippen LogP contribution in [0.3, 0.4) is 0 Å². The maximum atomic E-state index is 12.4. The van der Waals surface area contributed by atoms with E-state index in [0.717, 1.165) is 24.2 Å². The summed E-state index contributed by atoms with van der Waals surface area (Å²) in [6, 6.07) is 7.86. The molecule has 1 aromatic carbocycles. The van der Waals surface area contributed by atoms with Gasteiger partial charge >= 0.3 is 0 Å². The van der Waals surface area contributed by atoms with Crippen molar-refractivity contribution in [3.8, 4) is 0 Å². The Morgan fingerprint density at radius 3 is 2.35 bits per heavy atom. The molecule has 92 valence electrons. The maximum Gasteiger partial charge on any atom is 0.254 e. The van der Waals surface area contributed by atoms with Crippen LogP contribution >= 0.6 is 0 Å². The van der Waals surface area contributed by atoms with Crippen molar-refractivity contribution in [3.05, 3.63) is 35.4 Å². The van der Waals surface area contributed by atoms with Crippen LogP contribution in [0.25, 0.3) is 0 Å². The average molecular weight is 231 g/mol. The molecular formula is C15H21NO. The molecule has 0 bridgehead atoms. The third-order valence-corrected chi connectivity index (χ3v) is 3.53. The van der Waals surface area contributed by atoms with E-state index < -0.39 is 0 Å². The van der Waals surface area contributed by atoms with Gasteiger partial charge in [0.25, 0.3) is 5.91 Å². The van der Waals surface area contributed by atoms with Crippen molar-refractivity contribution in [2.24, 2.45) is 11.8 Å². The number of amides is 1. The smallest absolute Gasteiger partial charge is 0.254 e. The van der Waals surface area contributed by atoms with E-state index in [1.807, 2.05) is 36.1 Å². The van der Waals surface area contributed by atoms with E-state index in [1.165, 1.54) is 6.42 Å². The summed E-state index contributed by atoms with van der Waals surface area (Å²) in [5.41, 5.74) is 1.93. The summed E-state index contributed by atoms with van der Waals surface area (Å²) >= 11 is 0. The van der Waals surface area contributed by atoms with Gasteiger partial charge in [0.2, 0.25) is 0 Å². The molecule has 1 heterocycles. The van der Waals surface area contributed by atoms with Gasteiger partial charge in [-0.1, -0.05) is 32.0 Å². The van der Waals surface area contributed by atoms with Gasteiger partial charge in [-0.25, -0.2) is 0 Å². The van der Waals surface area contributed by atoms with Crippen LogP contribution in [0.4, 0.5) is 0 Å². The van der Waals surface area contributed by atoms with Gasteiger partial charge in [-0.3, -0.25) is 4.79 Å². The summed E-state index contributed by atoms with van der Waals surface area (Å²) in [6.45, 7) is 8.26. The molecule has 2 atom stereocenters. The number of aryl methyl sites for hydroxylation is 1. The van der Waals surface area contributed by atoms with Gasteiger partial charge in [-0.05, 0) is 36.8 Å². The predicted octanol–water partition coefficient (Wildman–Crippen LogP) is 3.11. The SMILES string of the molecule is Cc1ccccc1C(=O)N1C[C@H](C)C[C@H](C)C1. The summed E-state index contributed by atoms with van der Waals surface area (Å²) in [7, 11) is 0. The lowest BCUT2D eigenvalue weighted by Crippen LogP contribution is -2.42. The zero-order valence-electron chi connectivity index (χ0n) is 10.9. The van der Waals surface area contributed by atoms with Gasteiger partial charge in [-0.15, -0.1) is 0 Å². The first-order chi connectivity index (χ1) is 8.08. The van der Waals surface area contributed by atoms with Crippen LogP contribution in [0.1, 0.15) is 36.2 Å². The highest BCUT2D eigenvalue weighted by atomic mass is 16.2. The van der Waals surface area contributed by atoms with Crippen LogP contribution in [0.5, 0.6) is 0 Å². The van der Waals surface area contributed by atoms with Crippen molar-refractivity contribution in [1.29, 1.82) is 0 Å². The molecule has 0 spiro atoms. The second-order valence-electron chi connectivity index (χ2n) is 5.47. The van der Waals surface area contributed by atoms with Gasteiger partial charge in [0.15, 0.2) is 0 Å². The van der Waals surface area contributed by atoms with Crippen LogP contribution in [0.15, 0.2) is 24.3 Å². The number of benzene rings is 1. The Morgan fingerprint density at radius 2 is 1.76 bits per heavy atom. The van der Waals surface area contributed by atoms with E-state index in [2.05, 4.69) is 13.8 Å². The van der Waals surface area contributed by atoms with E-state index >= 15 is 0 Å². The second-order valence-corrected chi connectivity index (χ2v) is 5.47. The summed E-state index contributed by atoms with van der Waals surface area (Å²) < 4.78 is 0. The van der Waals surface area contributed by atoms with E-state index in [9.17, 15) is 4.79 Å². The number of nitrogens with zero attached hydrogens (tertiary/aromatic N) is 1. The minimum atomic E-state index is 0.196. The molecule has 2 nitrogen and oxygen atoms in total. The summed E-state index contributed by atoms with van der Waals surface area (Å²) in [5.74, 6) is 1.43. The molecule has 0 aliphatic carbocycles. The Kier molecular flexibility index (Phi) is 3.51. The lowest BCUT2D eigenvalue weighted by Gasteiger charge is -2.35. The highest BCUT2D eigenvalue weighted by Crippen LogP contribution is 2.23. The van der Waals surface area contributed by atoms with E-state index in [4.69, 9.17) is 0 Å². The van der Waals surface area contributed by atoms with Gasteiger partial charge in [-0.2, -0.15) is 0 Å². The lowest BCUT2D eigenvalue weighted by atomic mass is 9.91. The van der Waals surface area contributed by atoms with Gasteiger partial charge in [0.1, 0.15) is 0 Å². The van der Waals surface area contributed by atoms with Gasteiger partial charge in [0.05, 0.1) is 0 Å². The van der Waals surface area contributed by atoms with Crippen LogP contribution in [0.2, 0.25) is 0 Å². The Bertz CT molecular complexity index is 403. The first-order valence-electron chi connectivity index (χ1n) is 6.43. The van der Waals surface area contributed by atoms with Crippen molar-refractivity contribution >= 4 is 5.91 Å². The third-order valence-electron chi connectivity index (χ3n) is 3.53. The zero-order valence-corrected chi connectivity index (χ0v) is 10.9. The topological polar surface area (TPSA) is 20.3 Å². The van der Waals surface area contributed by atoms with Crippen LogP contribution in [-0.4, -0.2) is 23.9 Å². The summed E-state index contributed by atoms with van der Waals surface area (Å²) in [6.07, 6.45) is 1.23. The molecule has 1 aromatic rings. The molecule has 1 fully saturated rings. The molecule has 0 radical (unpaired) electrons. The van der Waals surface area contributed by atoms with Crippen molar-refractivity contribution in [2.75, 3.05) is 13.1 Å². The van der Waals surface area contributed by atoms with E-state index in [0.29, 0.717) is 11.8 Å². The van der Waals surface area contributed by atoms with Crippen molar-refractivity contribution in [2.45, 2.75) is 27.2 Å². The number of hydrogen-bond acceptors (Lipinski definition) is 1.